The molecular weight excluding hydrogens is 296 g/mol. The van der Waals surface area contributed by atoms with E-state index in [0.717, 1.165) is 18.2 Å². The van der Waals surface area contributed by atoms with Crippen molar-refractivity contribution in [3.63, 3.8) is 0 Å². The molecule has 21 heavy (non-hydrogen) atoms. The molecule has 1 atom stereocenters. The fraction of sp³-hybridized carbons (Fsp3) is 0.769. The number of rotatable bonds is 8. The lowest BCUT2D eigenvalue weighted by molar-refractivity contribution is -0.138. The SMILES string of the molecule is CCCNC(=O)CSCC(NC(=O)OC(C)(C)C)C(=O)O. The maximum atomic E-state index is 11.5. The van der Waals surface area contributed by atoms with Crippen LogP contribution in [0.4, 0.5) is 4.79 Å². The van der Waals surface area contributed by atoms with E-state index in [2.05, 4.69) is 10.6 Å². The molecule has 0 heterocycles. The average Bonchev–Trinajstić information content (AvgIpc) is 2.32. The van der Waals surface area contributed by atoms with E-state index in [1.165, 1.54) is 0 Å². The van der Waals surface area contributed by atoms with E-state index in [-0.39, 0.29) is 17.4 Å². The Balaban J connectivity index is 4.17. The standard InChI is InChI=1S/C13H24N2O5S/c1-5-6-14-10(16)8-21-7-9(11(17)18)15-12(19)20-13(2,3)4/h9H,5-8H2,1-4H3,(H,14,16)(H,15,19)(H,17,18). The highest BCUT2D eigenvalue weighted by Gasteiger charge is 2.24. The Morgan fingerprint density at radius 2 is 1.90 bits per heavy atom. The number of carboxylic acids is 1. The Morgan fingerprint density at radius 3 is 2.38 bits per heavy atom. The summed E-state index contributed by atoms with van der Waals surface area (Å²) in [4.78, 5) is 34.0. The van der Waals surface area contributed by atoms with Crippen LogP contribution in [0.2, 0.25) is 0 Å². The molecule has 1 unspecified atom stereocenters. The van der Waals surface area contributed by atoms with E-state index < -0.39 is 23.7 Å². The van der Waals surface area contributed by atoms with Crippen LogP contribution in [0.25, 0.3) is 0 Å². The molecule has 0 aliphatic heterocycles. The normalized spacial score (nSPS) is 12.4. The molecule has 0 aliphatic rings. The van der Waals surface area contributed by atoms with Crippen molar-refractivity contribution in [2.75, 3.05) is 18.1 Å². The number of thioether (sulfide) groups is 1. The van der Waals surface area contributed by atoms with Gasteiger partial charge in [-0.25, -0.2) is 9.59 Å². The van der Waals surface area contributed by atoms with Crippen molar-refractivity contribution < 1.29 is 24.2 Å². The van der Waals surface area contributed by atoms with Crippen LogP contribution in [0.5, 0.6) is 0 Å². The van der Waals surface area contributed by atoms with E-state index in [0.29, 0.717) is 6.54 Å². The summed E-state index contributed by atoms with van der Waals surface area (Å²) in [7, 11) is 0. The van der Waals surface area contributed by atoms with E-state index in [1.807, 2.05) is 6.92 Å². The van der Waals surface area contributed by atoms with Gasteiger partial charge >= 0.3 is 12.1 Å². The lowest BCUT2D eigenvalue weighted by atomic mass is 10.2. The minimum atomic E-state index is -1.16. The quantitative estimate of drug-likeness (QED) is 0.621. The molecule has 0 spiro atoms. The van der Waals surface area contributed by atoms with Gasteiger partial charge in [-0.2, -0.15) is 0 Å². The van der Waals surface area contributed by atoms with Crippen molar-refractivity contribution in [3.05, 3.63) is 0 Å². The smallest absolute Gasteiger partial charge is 0.408 e. The van der Waals surface area contributed by atoms with Gasteiger partial charge in [0.2, 0.25) is 5.91 Å². The van der Waals surface area contributed by atoms with Crippen molar-refractivity contribution in [2.24, 2.45) is 0 Å². The third-order valence-corrected chi connectivity index (χ3v) is 3.11. The van der Waals surface area contributed by atoms with Crippen LogP contribution >= 0.6 is 11.8 Å². The highest BCUT2D eigenvalue weighted by atomic mass is 32.2. The Labute approximate surface area is 129 Å². The summed E-state index contributed by atoms with van der Waals surface area (Å²) in [6.07, 6.45) is 0.0555. The highest BCUT2D eigenvalue weighted by Crippen LogP contribution is 2.08. The van der Waals surface area contributed by atoms with Gasteiger partial charge in [-0.3, -0.25) is 4.79 Å². The third-order valence-electron chi connectivity index (χ3n) is 2.08. The van der Waals surface area contributed by atoms with Crippen LogP contribution in [0.15, 0.2) is 0 Å². The number of carbonyl (C=O) groups is 3. The summed E-state index contributed by atoms with van der Waals surface area (Å²) < 4.78 is 5.00. The maximum Gasteiger partial charge on any atom is 0.408 e. The zero-order valence-electron chi connectivity index (χ0n) is 12.9. The molecule has 3 N–H and O–H groups in total. The number of nitrogens with one attached hydrogen (secondary N) is 2. The molecule has 0 saturated carbocycles. The largest absolute Gasteiger partial charge is 0.480 e. The lowest BCUT2D eigenvalue weighted by Crippen LogP contribution is -2.45. The fourth-order valence-corrected chi connectivity index (χ4v) is 2.08. The Bertz CT molecular complexity index is 368. The minimum Gasteiger partial charge on any atom is -0.480 e. The second-order valence-corrected chi connectivity index (χ2v) is 6.43. The summed E-state index contributed by atoms with van der Waals surface area (Å²) in [5.74, 6) is -1.07. The Hall–Kier alpha value is -1.44. The molecule has 0 aromatic heterocycles. The third kappa shape index (κ3) is 10.9. The van der Waals surface area contributed by atoms with Crippen molar-refractivity contribution in [3.8, 4) is 0 Å². The molecule has 0 saturated heterocycles. The average molecular weight is 320 g/mol. The molecule has 0 radical (unpaired) electrons. The van der Waals surface area contributed by atoms with Gasteiger partial charge in [0.1, 0.15) is 11.6 Å². The zero-order chi connectivity index (χ0) is 16.5. The first-order chi connectivity index (χ1) is 9.65. The number of hydrogen-bond donors (Lipinski definition) is 3. The number of alkyl carbamates (subject to hydrolysis) is 1. The summed E-state index contributed by atoms with van der Waals surface area (Å²) in [5, 5.41) is 14.0. The van der Waals surface area contributed by atoms with Gasteiger partial charge in [-0.15, -0.1) is 11.8 Å². The summed E-state index contributed by atoms with van der Waals surface area (Å²) in [6.45, 7) is 7.61. The molecule has 8 heteroatoms. The first kappa shape index (κ1) is 19.6. The molecule has 122 valence electrons. The minimum absolute atomic E-state index is 0.0914. The van der Waals surface area contributed by atoms with E-state index in [4.69, 9.17) is 9.84 Å². The number of carbonyl (C=O) groups excluding carboxylic acids is 2. The fourth-order valence-electron chi connectivity index (χ4n) is 1.21. The van der Waals surface area contributed by atoms with Gasteiger partial charge in [-0.05, 0) is 27.2 Å². The Morgan fingerprint density at radius 1 is 1.29 bits per heavy atom. The van der Waals surface area contributed by atoms with Crippen molar-refractivity contribution >= 4 is 29.7 Å². The van der Waals surface area contributed by atoms with Crippen LogP contribution in [-0.4, -0.2) is 52.8 Å². The second kappa shape index (κ2) is 9.49. The van der Waals surface area contributed by atoms with Gasteiger partial charge in [0, 0.05) is 12.3 Å². The second-order valence-electron chi connectivity index (χ2n) is 5.40. The molecule has 7 nitrogen and oxygen atoms in total. The predicted molar refractivity (Wildman–Crippen MR) is 81.4 cm³/mol. The molecule has 0 aliphatic carbocycles. The van der Waals surface area contributed by atoms with Crippen LogP contribution in [0, 0.1) is 0 Å². The van der Waals surface area contributed by atoms with E-state index in [1.54, 1.807) is 20.8 Å². The van der Waals surface area contributed by atoms with E-state index >= 15 is 0 Å². The lowest BCUT2D eigenvalue weighted by Gasteiger charge is -2.21. The molecule has 0 aromatic carbocycles. The van der Waals surface area contributed by atoms with Crippen molar-refractivity contribution in [1.29, 1.82) is 0 Å². The monoisotopic (exact) mass is 320 g/mol. The molecule has 0 rings (SSSR count). The Kier molecular flexibility index (Phi) is 8.84. The molecule has 0 fully saturated rings. The van der Waals surface area contributed by atoms with Crippen LogP contribution in [0.3, 0.4) is 0 Å². The van der Waals surface area contributed by atoms with E-state index in [9.17, 15) is 14.4 Å². The maximum absolute atomic E-state index is 11.5. The molecule has 0 aromatic rings. The van der Waals surface area contributed by atoms with Crippen LogP contribution in [-0.2, 0) is 14.3 Å². The van der Waals surface area contributed by atoms with Gasteiger partial charge in [0.05, 0.1) is 5.75 Å². The van der Waals surface area contributed by atoms with Crippen LogP contribution in [0.1, 0.15) is 34.1 Å². The topological polar surface area (TPSA) is 105 Å². The van der Waals surface area contributed by atoms with Crippen molar-refractivity contribution in [1.82, 2.24) is 10.6 Å². The molecule has 2 amide bonds. The number of carboxylic acid groups (broad SMARTS) is 1. The van der Waals surface area contributed by atoms with Gasteiger partial charge < -0.3 is 20.5 Å². The number of amides is 2. The number of hydrogen-bond acceptors (Lipinski definition) is 5. The van der Waals surface area contributed by atoms with Gasteiger partial charge in [0.15, 0.2) is 0 Å². The zero-order valence-corrected chi connectivity index (χ0v) is 13.7. The summed E-state index contributed by atoms with van der Waals surface area (Å²) in [5.41, 5.74) is -0.694. The number of aliphatic carboxylic acids is 1. The highest BCUT2D eigenvalue weighted by molar-refractivity contribution is 8.00. The number of ether oxygens (including phenoxy) is 1. The van der Waals surface area contributed by atoms with Crippen molar-refractivity contribution in [2.45, 2.75) is 45.8 Å². The summed E-state index contributed by atoms with van der Waals surface area (Å²) in [6, 6.07) is -1.09. The first-order valence-corrected chi connectivity index (χ1v) is 7.88. The van der Waals surface area contributed by atoms with Crippen LogP contribution < -0.4 is 10.6 Å². The summed E-state index contributed by atoms with van der Waals surface area (Å²) >= 11 is 1.15. The molecular formula is C13H24N2O5S. The molecule has 0 bridgehead atoms. The first-order valence-electron chi connectivity index (χ1n) is 6.72. The van der Waals surface area contributed by atoms with Gasteiger partial charge in [-0.1, -0.05) is 6.92 Å². The van der Waals surface area contributed by atoms with Gasteiger partial charge in [0.25, 0.3) is 0 Å². The predicted octanol–water partition coefficient (Wildman–Crippen LogP) is 1.22.